The van der Waals surface area contributed by atoms with Gasteiger partial charge in [-0.2, -0.15) is 0 Å². The first-order valence-electron chi connectivity index (χ1n) is 6.49. The third kappa shape index (κ3) is 3.11. The van der Waals surface area contributed by atoms with Gasteiger partial charge in [-0.3, -0.25) is 14.2 Å². The minimum atomic E-state index is -1.14. The summed E-state index contributed by atoms with van der Waals surface area (Å²) in [6.07, 6.45) is 1.53. The number of nitrogens with zero attached hydrogens (tertiary/aromatic N) is 3. The van der Waals surface area contributed by atoms with Crippen LogP contribution in [0.4, 0.5) is 0 Å². The Morgan fingerprint density at radius 2 is 2.13 bits per heavy atom. The topological polar surface area (TPSA) is 85.1 Å². The van der Waals surface area contributed by atoms with Gasteiger partial charge in [0.1, 0.15) is 12.4 Å². The zero-order valence-corrected chi connectivity index (χ0v) is 13.9. The van der Waals surface area contributed by atoms with Crippen LogP contribution in [0.15, 0.2) is 45.8 Å². The van der Waals surface area contributed by atoms with Gasteiger partial charge in [0, 0.05) is 21.3 Å². The minimum Gasteiger partial charge on any atom is -0.480 e. The van der Waals surface area contributed by atoms with Crippen molar-refractivity contribution >= 4 is 44.5 Å². The van der Waals surface area contributed by atoms with Gasteiger partial charge in [0.15, 0.2) is 5.65 Å². The van der Waals surface area contributed by atoms with Crippen molar-refractivity contribution in [2.75, 3.05) is 0 Å². The van der Waals surface area contributed by atoms with Crippen LogP contribution in [0.5, 0.6) is 0 Å². The highest BCUT2D eigenvalue weighted by Gasteiger charge is 2.16. The Morgan fingerprint density at radius 3 is 2.83 bits per heavy atom. The van der Waals surface area contributed by atoms with Gasteiger partial charge in [-0.15, -0.1) is 0 Å². The van der Waals surface area contributed by atoms with Crippen molar-refractivity contribution < 1.29 is 9.90 Å². The van der Waals surface area contributed by atoms with Gasteiger partial charge in [-0.25, -0.2) is 9.97 Å². The number of aliphatic carboxylic acids is 1. The standard InChI is InChI=1S/C15H9BrClN3O3/c16-9-5-11-13(18-6-9)19-14(8-2-1-3-10(17)4-8)20(15(11)23)7-12(21)22/h1-6H,7H2,(H,21,22). The first-order chi connectivity index (χ1) is 11.0. The molecule has 8 heteroatoms. The summed E-state index contributed by atoms with van der Waals surface area (Å²) in [4.78, 5) is 32.3. The number of carboxylic acids is 1. The lowest BCUT2D eigenvalue weighted by molar-refractivity contribution is -0.137. The number of hydrogen-bond donors (Lipinski definition) is 1. The van der Waals surface area contributed by atoms with Crippen molar-refractivity contribution in [1.29, 1.82) is 0 Å². The average molecular weight is 395 g/mol. The molecule has 0 unspecified atom stereocenters. The van der Waals surface area contributed by atoms with E-state index in [1.807, 2.05) is 0 Å². The quantitative estimate of drug-likeness (QED) is 0.738. The van der Waals surface area contributed by atoms with Crippen LogP contribution in [0.2, 0.25) is 5.02 Å². The second-order valence-corrected chi connectivity index (χ2v) is 6.11. The number of benzene rings is 1. The molecule has 0 bridgehead atoms. The van der Waals surface area contributed by atoms with E-state index in [4.69, 9.17) is 16.7 Å². The van der Waals surface area contributed by atoms with Crippen LogP contribution in [0.1, 0.15) is 0 Å². The van der Waals surface area contributed by atoms with E-state index in [9.17, 15) is 9.59 Å². The Hall–Kier alpha value is -2.25. The molecule has 6 nitrogen and oxygen atoms in total. The summed E-state index contributed by atoms with van der Waals surface area (Å²) in [6.45, 7) is -0.504. The molecule has 1 N–H and O–H groups in total. The average Bonchev–Trinajstić information content (AvgIpc) is 2.50. The number of carboxylic acid groups (broad SMARTS) is 1. The van der Waals surface area contributed by atoms with Crippen LogP contribution >= 0.6 is 27.5 Å². The number of hydrogen-bond acceptors (Lipinski definition) is 4. The summed E-state index contributed by atoms with van der Waals surface area (Å²) >= 11 is 9.22. The summed E-state index contributed by atoms with van der Waals surface area (Å²) in [6, 6.07) is 8.27. The van der Waals surface area contributed by atoms with Gasteiger partial charge >= 0.3 is 5.97 Å². The van der Waals surface area contributed by atoms with Crippen molar-refractivity contribution in [3.05, 3.63) is 56.4 Å². The number of carbonyl (C=O) groups is 1. The molecule has 23 heavy (non-hydrogen) atoms. The molecule has 0 aliphatic heterocycles. The molecule has 0 spiro atoms. The highest BCUT2D eigenvalue weighted by Crippen LogP contribution is 2.22. The zero-order valence-electron chi connectivity index (χ0n) is 11.5. The van der Waals surface area contributed by atoms with Crippen LogP contribution in [0, 0.1) is 0 Å². The van der Waals surface area contributed by atoms with Crippen LogP contribution in [-0.4, -0.2) is 25.6 Å². The SMILES string of the molecule is O=C(O)Cn1c(-c2cccc(Cl)c2)nc2ncc(Br)cc2c1=O. The summed E-state index contributed by atoms with van der Waals surface area (Å²) in [5.74, 6) is -0.929. The van der Waals surface area contributed by atoms with E-state index in [0.29, 0.717) is 15.1 Å². The largest absolute Gasteiger partial charge is 0.480 e. The van der Waals surface area contributed by atoms with Crippen molar-refractivity contribution in [3.8, 4) is 11.4 Å². The Morgan fingerprint density at radius 1 is 1.35 bits per heavy atom. The molecule has 3 rings (SSSR count). The van der Waals surface area contributed by atoms with Crippen molar-refractivity contribution in [3.63, 3.8) is 0 Å². The fourth-order valence-electron chi connectivity index (χ4n) is 2.21. The summed E-state index contributed by atoms with van der Waals surface area (Å²) in [5.41, 5.74) is 0.318. The molecule has 0 amide bonds. The third-order valence-corrected chi connectivity index (χ3v) is 3.82. The summed E-state index contributed by atoms with van der Waals surface area (Å²) < 4.78 is 1.71. The molecule has 0 atom stereocenters. The van der Waals surface area contributed by atoms with Gasteiger partial charge < -0.3 is 5.11 Å². The fraction of sp³-hybridized carbons (Fsp3) is 0.0667. The maximum Gasteiger partial charge on any atom is 0.323 e. The molecule has 0 fully saturated rings. The van der Waals surface area contributed by atoms with E-state index in [1.54, 1.807) is 30.3 Å². The van der Waals surface area contributed by atoms with Crippen molar-refractivity contribution in [2.24, 2.45) is 0 Å². The van der Waals surface area contributed by atoms with Crippen LogP contribution in [-0.2, 0) is 11.3 Å². The third-order valence-electron chi connectivity index (χ3n) is 3.15. The number of rotatable bonds is 3. The highest BCUT2D eigenvalue weighted by molar-refractivity contribution is 9.10. The van der Waals surface area contributed by atoms with E-state index in [0.717, 1.165) is 4.57 Å². The van der Waals surface area contributed by atoms with Gasteiger partial charge in [0.05, 0.1) is 5.39 Å². The summed E-state index contributed by atoms with van der Waals surface area (Å²) in [5, 5.41) is 9.81. The van der Waals surface area contributed by atoms with Gasteiger partial charge in [0.25, 0.3) is 5.56 Å². The van der Waals surface area contributed by atoms with E-state index in [-0.39, 0.29) is 16.9 Å². The zero-order chi connectivity index (χ0) is 16.6. The van der Waals surface area contributed by atoms with E-state index < -0.39 is 18.1 Å². The molecule has 2 aromatic heterocycles. The lowest BCUT2D eigenvalue weighted by Gasteiger charge is -2.11. The second-order valence-electron chi connectivity index (χ2n) is 4.76. The summed E-state index contributed by atoms with van der Waals surface area (Å²) in [7, 11) is 0. The van der Waals surface area contributed by atoms with Gasteiger partial charge in [-0.1, -0.05) is 23.7 Å². The highest BCUT2D eigenvalue weighted by atomic mass is 79.9. The van der Waals surface area contributed by atoms with Crippen LogP contribution < -0.4 is 5.56 Å². The number of pyridine rings is 1. The van der Waals surface area contributed by atoms with E-state index in [1.165, 1.54) is 6.20 Å². The normalized spacial score (nSPS) is 10.9. The van der Waals surface area contributed by atoms with E-state index >= 15 is 0 Å². The Kier molecular flexibility index (Phi) is 4.14. The molecule has 2 heterocycles. The smallest absolute Gasteiger partial charge is 0.323 e. The number of fused-ring (bicyclic) bond motifs is 1. The molecule has 0 saturated carbocycles. The molecular weight excluding hydrogens is 386 g/mol. The second kappa shape index (κ2) is 6.10. The van der Waals surface area contributed by atoms with Crippen LogP contribution in [0.3, 0.4) is 0 Å². The Bertz CT molecular complexity index is 987. The Labute approximate surface area is 143 Å². The molecule has 0 aliphatic carbocycles. The molecule has 3 aromatic rings. The minimum absolute atomic E-state index is 0.210. The monoisotopic (exact) mass is 393 g/mol. The van der Waals surface area contributed by atoms with Crippen molar-refractivity contribution in [1.82, 2.24) is 14.5 Å². The van der Waals surface area contributed by atoms with Gasteiger partial charge in [-0.05, 0) is 34.1 Å². The molecule has 0 radical (unpaired) electrons. The molecule has 116 valence electrons. The molecule has 0 aliphatic rings. The first kappa shape index (κ1) is 15.6. The molecular formula is C15H9BrClN3O3. The lowest BCUT2D eigenvalue weighted by Crippen LogP contribution is -2.27. The predicted molar refractivity (Wildman–Crippen MR) is 89.6 cm³/mol. The van der Waals surface area contributed by atoms with E-state index in [2.05, 4.69) is 25.9 Å². The first-order valence-corrected chi connectivity index (χ1v) is 7.66. The maximum absolute atomic E-state index is 12.7. The number of halogens is 2. The molecule has 1 aromatic carbocycles. The Balaban J connectivity index is 2.37. The molecule has 0 saturated heterocycles. The lowest BCUT2D eigenvalue weighted by atomic mass is 10.2. The predicted octanol–water partition coefficient (Wildman–Crippen LogP) is 2.96. The fourth-order valence-corrected chi connectivity index (χ4v) is 2.73. The number of aromatic nitrogens is 3. The van der Waals surface area contributed by atoms with Crippen molar-refractivity contribution in [2.45, 2.75) is 6.54 Å². The van der Waals surface area contributed by atoms with Gasteiger partial charge in [0.2, 0.25) is 0 Å². The maximum atomic E-state index is 12.7. The van der Waals surface area contributed by atoms with Crippen LogP contribution in [0.25, 0.3) is 22.4 Å².